The number of carbonyl (C=O) groups excluding carboxylic acids is 1. The first-order valence-electron chi connectivity index (χ1n) is 12.5. The highest BCUT2D eigenvalue weighted by atomic mass is 32.2. The van der Waals surface area contributed by atoms with Crippen LogP contribution in [0.25, 0.3) is 22.5 Å². The Balaban J connectivity index is 1.37. The molecule has 0 radical (unpaired) electrons. The van der Waals surface area contributed by atoms with Crippen molar-refractivity contribution in [1.82, 2.24) is 15.3 Å². The lowest BCUT2D eigenvalue weighted by Crippen LogP contribution is -2.38. The van der Waals surface area contributed by atoms with Gasteiger partial charge in [0.05, 0.1) is 38.6 Å². The summed E-state index contributed by atoms with van der Waals surface area (Å²) in [6.07, 6.45) is 6.98. The number of nitrogens with one attached hydrogen (secondary N) is 1. The topological polar surface area (TPSA) is 90.1 Å². The van der Waals surface area contributed by atoms with Gasteiger partial charge in [-0.15, -0.1) is 23.1 Å². The molecular formula is C27H31FN4O2S2. The number of anilines is 1. The van der Waals surface area contributed by atoms with Crippen molar-refractivity contribution in [3.63, 3.8) is 0 Å². The zero-order valence-corrected chi connectivity index (χ0v) is 22.1. The fraction of sp³-hybridized carbons (Fsp3) is 0.444. The average Bonchev–Trinajstić information content (AvgIpc) is 3.57. The van der Waals surface area contributed by atoms with Crippen LogP contribution in [0.3, 0.4) is 0 Å². The molecule has 2 aromatic heterocycles. The van der Waals surface area contributed by atoms with E-state index in [1.807, 2.05) is 43.8 Å². The largest absolute Gasteiger partial charge is 0.447 e. The predicted molar refractivity (Wildman–Crippen MR) is 144 cm³/mol. The number of halogens is 1. The molecule has 2 aliphatic carbocycles. The van der Waals surface area contributed by atoms with Crippen LogP contribution in [0.2, 0.25) is 0 Å². The van der Waals surface area contributed by atoms with Gasteiger partial charge in [0, 0.05) is 28.3 Å². The number of hydrogen-bond donors (Lipinski definition) is 2. The Morgan fingerprint density at radius 1 is 1.14 bits per heavy atom. The number of nitrogen functional groups attached to an aromatic ring is 1. The van der Waals surface area contributed by atoms with Crippen LogP contribution in [0.1, 0.15) is 63.3 Å². The number of nitrogens with zero attached hydrogens (tertiary/aromatic N) is 2. The van der Waals surface area contributed by atoms with Crippen LogP contribution in [0.4, 0.5) is 14.9 Å². The number of thiazole rings is 1. The number of hydrogen-bond acceptors (Lipinski definition) is 7. The van der Waals surface area contributed by atoms with Gasteiger partial charge in [0.2, 0.25) is 0 Å². The monoisotopic (exact) mass is 526 g/mol. The number of benzene rings is 1. The Morgan fingerprint density at radius 3 is 2.56 bits per heavy atom. The first-order valence-corrected chi connectivity index (χ1v) is 14.2. The van der Waals surface area contributed by atoms with E-state index in [4.69, 9.17) is 15.5 Å². The summed E-state index contributed by atoms with van der Waals surface area (Å²) in [6.45, 7) is 3.71. The number of carbonyl (C=O) groups is 1. The van der Waals surface area contributed by atoms with Gasteiger partial charge in [-0.3, -0.25) is 4.98 Å². The van der Waals surface area contributed by atoms with Crippen LogP contribution in [-0.4, -0.2) is 33.5 Å². The van der Waals surface area contributed by atoms with Crippen LogP contribution < -0.4 is 11.1 Å². The highest BCUT2D eigenvalue weighted by Crippen LogP contribution is 2.49. The molecular weight excluding hydrogens is 495 g/mol. The molecule has 1 aromatic carbocycles. The van der Waals surface area contributed by atoms with E-state index in [2.05, 4.69) is 10.3 Å². The third-order valence-corrected chi connectivity index (χ3v) is 9.28. The van der Waals surface area contributed by atoms with Crippen molar-refractivity contribution in [2.45, 2.75) is 79.9 Å². The van der Waals surface area contributed by atoms with E-state index in [0.717, 1.165) is 47.5 Å². The van der Waals surface area contributed by atoms with Crippen molar-refractivity contribution in [2.24, 2.45) is 0 Å². The summed E-state index contributed by atoms with van der Waals surface area (Å²) in [5.41, 5.74) is 10.5. The minimum atomic E-state index is -0.373. The summed E-state index contributed by atoms with van der Waals surface area (Å²) in [7, 11) is 0. The maximum absolute atomic E-state index is 13.4. The van der Waals surface area contributed by atoms with Gasteiger partial charge >= 0.3 is 6.09 Å². The first kappa shape index (κ1) is 25.0. The number of para-hydroxylation sites is 1. The Bertz CT molecular complexity index is 1220. The zero-order chi connectivity index (χ0) is 25.2. The molecule has 0 aliphatic heterocycles. The lowest BCUT2D eigenvalue weighted by atomic mass is 9.86. The van der Waals surface area contributed by atoms with Gasteiger partial charge in [-0.2, -0.15) is 0 Å². The molecule has 2 heterocycles. The highest BCUT2D eigenvalue weighted by Gasteiger charge is 2.31. The molecule has 0 saturated heterocycles. The number of pyridine rings is 1. The van der Waals surface area contributed by atoms with Crippen LogP contribution in [0, 0.1) is 5.82 Å². The Kier molecular flexibility index (Phi) is 7.48. The van der Waals surface area contributed by atoms with Crippen LogP contribution in [0.5, 0.6) is 0 Å². The summed E-state index contributed by atoms with van der Waals surface area (Å²) in [6, 6.07) is 9.09. The maximum atomic E-state index is 13.4. The molecule has 2 aliphatic rings. The minimum absolute atomic E-state index is 0.123. The predicted octanol–water partition coefficient (Wildman–Crippen LogP) is 7.01. The van der Waals surface area contributed by atoms with E-state index < -0.39 is 0 Å². The number of nitrogens with two attached hydrogens (primary N) is 1. The Morgan fingerprint density at radius 2 is 1.89 bits per heavy atom. The van der Waals surface area contributed by atoms with E-state index in [0.29, 0.717) is 22.5 Å². The van der Waals surface area contributed by atoms with E-state index >= 15 is 0 Å². The van der Waals surface area contributed by atoms with Gasteiger partial charge in [-0.05, 0) is 64.5 Å². The number of amides is 1. The number of ether oxygens (including phenoxy) is 1. The number of thioether (sulfide) groups is 1. The molecule has 36 heavy (non-hydrogen) atoms. The maximum Gasteiger partial charge on any atom is 0.407 e. The van der Waals surface area contributed by atoms with Crippen molar-refractivity contribution in [3.05, 3.63) is 47.4 Å². The van der Waals surface area contributed by atoms with Crippen LogP contribution >= 0.6 is 23.1 Å². The summed E-state index contributed by atoms with van der Waals surface area (Å²) in [5, 5.41) is 4.79. The fourth-order valence-electron chi connectivity index (χ4n) is 4.51. The molecule has 3 aromatic rings. The van der Waals surface area contributed by atoms with Crippen LogP contribution in [-0.2, 0) is 4.74 Å². The molecule has 0 bridgehead atoms. The lowest BCUT2D eigenvalue weighted by Gasteiger charge is -2.28. The molecule has 5 rings (SSSR count). The number of aromatic nitrogens is 2. The zero-order valence-electron chi connectivity index (χ0n) is 20.5. The molecule has 1 amide bonds. The number of alkyl carbamates (subject to hydrolysis) is 1. The van der Waals surface area contributed by atoms with Gasteiger partial charge in [0.1, 0.15) is 5.82 Å². The third kappa shape index (κ3) is 5.83. The minimum Gasteiger partial charge on any atom is -0.447 e. The van der Waals surface area contributed by atoms with Crippen molar-refractivity contribution in [2.75, 3.05) is 5.73 Å². The first-order chi connectivity index (χ1) is 17.4. The summed E-state index contributed by atoms with van der Waals surface area (Å²) < 4.78 is 19.9. The Hall–Kier alpha value is -2.65. The second-order valence-corrected chi connectivity index (χ2v) is 12.4. The molecule has 190 valence electrons. The van der Waals surface area contributed by atoms with Crippen molar-refractivity contribution in [3.8, 4) is 22.5 Å². The quantitative estimate of drug-likeness (QED) is 0.322. The van der Waals surface area contributed by atoms with E-state index in [1.54, 1.807) is 17.4 Å². The van der Waals surface area contributed by atoms with Gasteiger partial charge in [0.15, 0.2) is 0 Å². The van der Waals surface area contributed by atoms with E-state index in [-0.39, 0.29) is 24.1 Å². The molecule has 2 saturated carbocycles. The summed E-state index contributed by atoms with van der Waals surface area (Å²) in [4.78, 5) is 21.4. The van der Waals surface area contributed by atoms with Gasteiger partial charge in [-0.25, -0.2) is 14.2 Å². The molecule has 0 atom stereocenters. The summed E-state index contributed by atoms with van der Waals surface area (Å²) in [5.74, 6) is -0.00730. The second kappa shape index (κ2) is 10.8. The Labute approximate surface area is 219 Å². The molecule has 0 spiro atoms. The smallest absolute Gasteiger partial charge is 0.407 e. The lowest BCUT2D eigenvalue weighted by molar-refractivity contribution is 0.109. The van der Waals surface area contributed by atoms with Gasteiger partial charge < -0.3 is 15.8 Å². The fourth-order valence-corrected chi connectivity index (χ4v) is 7.29. The molecule has 6 nitrogen and oxygen atoms in total. The average molecular weight is 527 g/mol. The molecule has 9 heteroatoms. The third-order valence-electron chi connectivity index (χ3n) is 6.52. The second-order valence-electron chi connectivity index (χ2n) is 9.78. The van der Waals surface area contributed by atoms with Gasteiger partial charge in [0.25, 0.3) is 0 Å². The van der Waals surface area contributed by atoms with E-state index in [9.17, 15) is 9.18 Å². The molecule has 0 unspecified atom stereocenters. The summed E-state index contributed by atoms with van der Waals surface area (Å²) >= 11 is 3.69. The van der Waals surface area contributed by atoms with E-state index in [1.165, 1.54) is 29.3 Å². The standard InChI is InChI=1S/C27H31FN4O2S2/c1-15(2)34-27(33)31-18-9-6-16(7-10-18)25-32-24(26(36-25)35-19-11-12-19)21-5-3-4-20(23(21)29)22-13-8-17(28)14-30-22/h3-5,8,13-16,18-19H,6-7,9-12,29H2,1-2H3,(H,31,33). The molecule has 2 fully saturated rings. The molecule has 3 N–H and O–H groups in total. The van der Waals surface area contributed by atoms with Crippen molar-refractivity contribution >= 4 is 34.9 Å². The van der Waals surface area contributed by atoms with Crippen molar-refractivity contribution in [1.29, 1.82) is 0 Å². The number of rotatable bonds is 7. The van der Waals surface area contributed by atoms with Crippen LogP contribution in [0.15, 0.2) is 40.7 Å². The SMILES string of the molecule is CC(C)OC(=O)NC1CCC(c2nc(-c3cccc(-c4ccc(F)cn4)c3N)c(SC3CC3)s2)CC1. The van der Waals surface area contributed by atoms with Crippen molar-refractivity contribution < 1.29 is 13.9 Å². The highest BCUT2D eigenvalue weighted by molar-refractivity contribution is 8.02. The van der Waals surface area contributed by atoms with Gasteiger partial charge in [-0.1, -0.05) is 18.2 Å². The normalized spacial score (nSPS) is 19.9.